The third-order valence-electron chi connectivity index (χ3n) is 6.12. The first kappa shape index (κ1) is 23.0. The average Bonchev–Trinajstić information content (AvgIpc) is 3.45. The molecule has 2 N–H and O–H groups in total. The zero-order chi connectivity index (χ0) is 22.6. The molecule has 1 heterocycles. The number of hydrogen-bond donors (Lipinski definition) is 2. The highest BCUT2D eigenvalue weighted by Gasteiger charge is 2.19. The first-order chi connectivity index (χ1) is 15.4. The van der Waals surface area contributed by atoms with Crippen molar-refractivity contribution in [2.45, 2.75) is 63.4 Å². The summed E-state index contributed by atoms with van der Waals surface area (Å²) >= 11 is 1.55. The highest BCUT2D eigenvalue weighted by atomic mass is 32.2. The number of nitrogens with zero attached hydrogens (tertiary/aromatic N) is 1. The van der Waals surface area contributed by atoms with Crippen LogP contribution in [0.3, 0.4) is 0 Å². The summed E-state index contributed by atoms with van der Waals surface area (Å²) in [5, 5.41) is 6.48. The standard InChI is InChI=1S/C25H31N3O2S2/c1-18(14-20-8-3-4-9-20)26-16-22-10-5-6-13-24(22)28-32(29,30)23-12-7-11-21(15-23)25-17-31-19(2)27-25/h5-7,10-13,15,17-18,20,26,28H,3-4,8-9,14,16H2,1-2H3/t18-/m0/s1. The quantitative estimate of drug-likeness (QED) is 0.404. The van der Waals surface area contributed by atoms with Gasteiger partial charge in [0.1, 0.15) is 0 Å². The van der Waals surface area contributed by atoms with Crippen LogP contribution in [0.15, 0.2) is 58.8 Å². The summed E-state index contributed by atoms with van der Waals surface area (Å²) < 4.78 is 29.1. The maximum Gasteiger partial charge on any atom is 0.261 e. The smallest absolute Gasteiger partial charge is 0.261 e. The van der Waals surface area contributed by atoms with E-state index in [0.29, 0.717) is 18.3 Å². The molecule has 0 bridgehead atoms. The molecule has 1 aliphatic carbocycles. The second-order valence-electron chi connectivity index (χ2n) is 8.71. The number of para-hydroxylation sites is 1. The molecule has 0 amide bonds. The van der Waals surface area contributed by atoms with E-state index in [1.807, 2.05) is 42.6 Å². The largest absolute Gasteiger partial charge is 0.310 e. The lowest BCUT2D eigenvalue weighted by molar-refractivity contribution is 0.404. The van der Waals surface area contributed by atoms with Crippen molar-refractivity contribution in [2.24, 2.45) is 5.92 Å². The van der Waals surface area contributed by atoms with Crippen LogP contribution in [0.4, 0.5) is 5.69 Å². The van der Waals surface area contributed by atoms with Gasteiger partial charge in [0.05, 0.1) is 21.3 Å². The molecule has 5 nitrogen and oxygen atoms in total. The van der Waals surface area contributed by atoms with Gasteiger partial charge < -0.3 is 5.32 Å². The van der Waals surface area contributed by atoms with Gasteiger partial charge in [-0.3, -0.25) is 4.72 Å². The molecule has 1 aliphatic rings. The number of rotatable bonds is 9. The molecule has 1 fully saturated rings. The molecule has 0 unspecified atom stereocenters. The van der Waals surface area contributed by atoms with E-state index in [2.05, 4.69) is 21.9 Å². The molecule has 0 aliphatic heterocycles. The molecule has 1 aromatic heterocycles. The van der Waals surface area contributed by atoms with Crippen LogP contribution in [-0.2, 0) is 16.6 Å². The molecule has 1 atom stereocenters. The van der Waals surface area contributed by atoms with Crippen molar-refractivity contribution in [3.8, 4) is 11.3 Å². The van der Waals surface area contributed by atoms with Crippen molar-refractivity contribution in [2.75, 3.05) is 4.72 Å². The summed E-state index contributed by atoms with van der Waals surface area (Å²) in [6.45, 7) is 4.79. The molecule has 0 radical (unpaired) electrons. The first-order valence-electron chi connectivity index (χ1n) is 11.3. The number of sulfonamides is 1. The summed E-state index contributed by atoms with van der Waals surface area (Å²) in [4.78, 5) is 4.71. The van der Waals surface area contributed by atoms with Gasteiger partial charge in [-0.2, -0.15) is 0 Å². The van der Waals surface area contributed by atoms with Crippen LogP contribution in [0.1, 0.15) is 49.6 Å². The van der Waals surface area contributed by atoms with Gasteiger partial charge in [-0.15, -0.1) is 11.3 Å². The van der Waals surface area contributed by atoms with Crippen LogP contribution in [0.5, 0.6) is 0 Å². The molecule has 7 heteroatoms. The fourth-order valence-corrected chi connectivity index (χ4v) is 6.18. The Hall–Kier alpha value is -2.22. The van der Waals surface area contributed by atoms with E-state index in [0.717, 1.165) is 27.7 Å². The zero-order valence-electron chi connectivity index (χ0n) is 18.7. The molecule has 1 saturated carbocycles. The molecule has 4 rings (SSSR count). The van der Waals surface area contributed by atoms with Gasteiger partial charge in [0.15, 0.2) is 0 Å². The Labute approximate surface area is 195 Å². The minimum absolute atomic E-state index is 0.234. The molecule has 170 valence electrons. The van der Waals surface area contributed by atoms with Gasteiger partial charge in [-0.25, -0.2) is 13.4 Å². The van der Waals surface area contributed by atoms with E-state index in [4.69, 9.17) is 0 Å². The van der Waals surface area contributed by atoms with Gasteiger partial charge in [-0.05, 0) is 49.9 Å². The highest BCUT2D eigenvalue weighted by Crippen LogP contribution is 2.29. The van der Waals surface area contributed by atoms with Crippen molar-refractivity contribution in [3.05, 3.63) is 64.5 Å². The van der Waals surface area contributed by atoms with Crippen LogP contribution in [-0.4, -0.2) is 19.4 Å². The van der Waals surface area contributed by atoms with E-state index >= 15 is 0 Å². The summed E-state index contributed by atoms with van der Waals surface area (Å²) in [5.74, 6) is 0.819. The number of hydrogen-bond acceptors (Lipinski definition) is 5. The van der Waals surface area contributed by atoms with Crippen LogP contribution in [0, 0.1) is 12.8 Å². The first-order valence-corrected chi connectivity index (χ1v) is 13.6. The Morgan fingerprint density at radius 3 is 2.66 bits per heavy atom. The van der Waals surface area contributed by atoms with E-state index in [1.54, 1.807) is 29.5 Å². The van der Waals surface area contributed by atoms with Gasteiger partial charge in [-0.1, -0.05) is 56.0 Å². The lowest BCUT2D eigenvalue weighted by atomic mass is 9.99. The van der Waals surface area contributed by atoms with Gasteiger partial charge in [0, 0.05) is 23.5 Å². The number of nitrogens with one attached hydrogen (secondary N) is 2. The Morgan fingerprint density at radius 2 is 1.91 bits per heavy atom. The minimum Gasteiger partial charge on any atom is -0.310 e. The van der Waals surface area contributed by atoms with Gasteiger partial charge in [0.2, 0.25) is 0 Å². The lowest BCUT2D eigenvalue weighted by Gasteiger charge is -2.19. The Kier molecular flexibility index (Phi) is 7.28. The van der Waals surface area contributed by atoms with Crippen LogP contribution >= 0.6 is 11.3 Å². The second-order valence-corrected chi connectivity index (χ2v) is 11.5. The van der Waals surface area contributed by atoms with Gasteiger partial charge >= 0.3 is 0 Å². The summed E-state index contributed by atoms with van der Waals surface area (Å²) in [7, 11) is -3.72. The summed E-state index contributed by atoms with van der Waals surface area (Å²) in [5.41, 5.74) is 3.15. The monoisotopic (exact) mass is 469 g/mol. The van der Waals surface area contributed by atoms with Crippen LogP contribution in [0.25, 0.3) is 11.3 Å². The SMILES string of the molecule is Cc1nc(-c2cccc(S(=O)(=O)Nc3ccccc3CN[C@@H](C)CC3CCCC3)c2)cs1. The van der Waals surface area contributed by atoms with E-state index in [-0.39, 0.29) is 4.90 Å². The third kappa shape index (κ3) is 5.77. The molecule has 3 aromatic rings. The van der Waals surface area contributed by atoms with Crippen molar-refractivity contribution >= 4 is 27.0 Å². The maximum absolute atomic E-state index is 13.2. The second kappa shape index (κ2) is 10.1. The Bertz CT molecular complexity index is 1150. The molecule has 2 aromatic carbocycles. The summed E-state index contributed by atoms with van der Waals surface area (Å²) in [6.07, 6.45) is 6.55. The fraction of sp³-hybridized carbons (Fsp3) is 0.400. The number of thiazole rings is 1. The Balaban J connectivity index is 1.46. The summed E-state index contributed by atoms with van der Waals surface area (Å²) in [6, 6.07) is 15.0. The minimum atomic E-state index is -3.72. The molecule has 32 heavy (non-hydrogen) atoms. The molecular weight excluding hydrogens is 438 g/mol. The van der Waals surface area contributed by atoms with E-state index < -0.39 is 10.0 Å². The van der Waals surface area contributed by atoms with Crippen molar-refractivity contribution in [1.82, 2.24) is 10.3 Å². The number of anilines is 1. The number of benzene rings is 2. The van der Waals surface area contributed by atoms with Gasteiger partial charge in [0.25, 0.3) is 10.0 Å². The Morgan fingerprint density at radius 1 is 1.12 bits per heavy atom. The zero-order valence-corrected chi connectivity index (χ0v) is 20.3. The predicted molar refractivity (Wildman–Crippen MR) is 132 cm³/mol. The fourth-order valence-electron chi connectivity index (χ4n) is 4.41. The molecular formula is C25H31N3O2S2. The predicted octanol–water partition coefficient (Wildman–Crippen LogP) is 5.98. The average molecular weight is 470 g/mol. The van der Waals surface area contributed by atoms with E-state index in [1.165, 1.54) is 32.1 Å². The maximum atomic E-state index is 13.2. The third-order valence-corrected chi connectivity index (χ3v) is 8.26. The van der Waals surface area contributed by atoms with Crippen LogP contribution in [0.2, 0.25) is 0 Å². The van der Waals surface area contributed by atoms with Crippen molar-refractivity contribution in [1.29, 1.82) is 0 Å². The number of aryl methyl sites for hydroxylation is 1. The topological polar surface area (TPSA) is 71.1 Å². The van der Waals surface area contributed by atoms with Crippen molar-refractivity contribution in [3.63, 3.8) is 0 Å². The number of aromatic nitrogens is 1. The van der Waals surface area contributed by atoms with E-state index in [9.17, 15) is 8.42 Å². The molecule has 0 spiro atoms. The lowest BCUT2D eigenvalue weighted by Crippen LogP contribution is -2.28. The molecule has 0 saturated heterocycles. The highest BCUT2D eigenvalue weighted by molar-refractivity contribution is 7.92. The normalized spacial score (nSPS) is 15.7. The van der Waals surface area contributed by atoms with Crippen molar-refractivity contribution < 1.29 is 8.42 Å². The van der Waals surface area contributed by atoms with Crippen LogP contribution < -0.4 is 10.0 Å².